The lowest BCUT2D eigenvalue weighted by molar-refractivity contribution is -0.144. The molecule has 0 spiro atoms. The molecule has 0 radical (unpaired) electrons. The lowest BCUT2D eigenvalue weighted by Gasteiger charge is -2.12. The zero-order valence-electron chi connectivity index (χ0n) is 12.0. The number of halogens is 3. The maximum atomic E-state index is 12.8. The zero-order valence-corrected chi connectivity index (χ0v) is 12.0. The fourth-order valence-corrected chi connectivity index (χ4v) is 1.64. The zero-order chi connectivity index (χ0) is 15.7. The standard InChI is InChI=1S/C13H21F3N4O/c1-2-6-17-10-9-11(18-7-4-3-5-8-21)20-12(19-10)13(14,15)16/h9,21H,2-8H2,1H3,(H2,17,18,19,20). The van der Waals surface area contributed by atoms with Crippen molar-refractivity contribution in [2.45, 2.75) is 38.8 Å². The van der Waals surface area contributed by atoms with Crippen LogP contribution in [0.25, 0.3) is 0 Å². The topological polar surface area (TPSA) is 70.1 Å². The molecule has 0 amide bonds. The summed E-state index contributed by atoms with van der Waals surface area (Å²) in [5.41, 5.74) is 0. The van der Waals surface area contributed by atoms with E-state index in [9.17, 15) is 13.2 Å². The molecule has 120 valence electrons. The van der Waals surface area contributed by atoms with Crippen molar-refractivity contribution in [1.82, 2.24) is 9.97 Å². The monoisotopic (exact) mass is 306 g/mol. The van der Waals surface area contributed by atoms with Crippen molar-refractivity contribution in [2.75, 3.05) is 30.3 Å². The molecule has 0 aliphatic rings. The summed E-state index contributed by atoms with van der Waals surface area (Å²) in [5.74, 6) is -0.835. The third-order valence-electron chi connectivity index (χ3n) is 2.68. The van der Waals surface area contributed by atoms with Crippen LogP contribution in [-0.4, -0.2) is 34.8 Å². The molecule has 0 aromatic carbocycles. The SMILES string of the molecule is CCCNc1cc(NCCCCCO)nc(C(F)(F)F)n1. The Morgan fingerprint density at radius 3 is 2.19 bits per heavy atom. The number of nitrogens with zero attached hydrogens (tertiary/aromatic N) is 2. The second kappa shape index (κ2) is 8.66. The second-order valence-electron chi connectivity index (χ2n) is 4.60. The molecule has 0 saturated heterocycles. The summed E-state index contributed by atoms with van der Waals surface area (Å²) in [7, 11) is 0. The number of aromatic nitrogens is 2. The van der Waals surface area contributed by atoms with Crippen LogP contribution < -0.4 is 10.6 Å². The molecule has 3 N–H and O–H groups in total. The van der Waals surface area contributed by atoms with Gasteiger partial charge in [-0.15, -0.1) is 0 Å². The van der Waals surface area contributed by atoms with Crippen molar-refractivity contribution in [3.8, 4) is 0 Å². The van der Waals surface area contributed by atoms with Crippen LogP contribution in [0, 0.1) is 0 Å². The van der Waals surface area contributed by atoms with E-state index in [1.807, 2.05) is 6.92 Å². The fourth-order valence-electron chi connectivity index (χ4n) is 1.64. The van der Waals surface area contributed by atoms with Gasteiger partial charge >= 0.3 is 6.18 Å². The fraction of sp³-hybridized carbons (Fsp3) is 0.692. The molecule has 0 bridgehead atoms. The van der Waals surface area contributed by atoms with E-state index in [1.54, 1.807) is 0 Å². The van der Waals surface area contributed by atoms with Gasteiger partial charge in [-0.1, -0.05) is 6.92 Å². The summed E-state index contributed by atoms with van der Waals surface area (Å²) in [6.07, 6.45) is -1.54. The molecule has 8 heteroatoms. The van der Waals surface area contributed by atoms with Gasteiger partial charge in [0.25, 0.3) is 0 Å². The maximum absolute atomic E-state index is 12.8. The van der Waals surface area contributed by atoms with Gasteiger partial charge in [0.05, 0.1) is 0 Å². The number of aliphatic hydroxyl groups excluding tert-OH is 1. The molecular formula is C13H21F3N4O. The molecule has 0 unspecified atom stereocenters. The van der Waals surface area contributed by atoms with Crippen molar-refractivity contribution >= 4 is 11.6 Å². The number of unbranched alkanes of at least 4 members (excludes halogenated alkanes) is 2. The Morgan fingerprint density at radius 1 is 1.05 bits per heavy atom. The highest BCUT2D eigenvalue weighted by atomic mass is 19.4. The first kappa shape index (κ1) is 17.5. The first-order valence-electron chi connectivity index (χ1n) is 7.02. The Morgan fingerprint density at radius 2 is 1.67 bits per heavy atom. The number of alkyl halides is 3. The molecule has 1 aromatic heterocycles. The Balaban J connectivity index is 2.72. The van der Waals surface area contributed by atoms with E-state index in [0.717, 1.165) is 19.3 Å². The molecule has 1 aromatic rings. The average molecular weight is 306 g/mol. The molecule has 21 heavy (non-hydrogen) atoms. The molecule has 1 rings (SSSR count). The molecule has 0 fully saturated rings. The smallest absolute Gasteiger partial charge is 0.396 e. The third-order valence-corrected chi connectivity index (χ3v) is 2.68. The van der Waals surface area contributed by atoms with Gasteiger partial charge in [0.1, 0.15) is 11.6 Å². The van der Waals surface area contributed by atoms with Gasteiger partial charge in [-0.2, -0.15) is 13.2 Å². The minimum Gasteiger partial charge on any atom is -0.396 e. The van der Waals surface area contributed by atoms with E-state index in [1.165, 1.54) is 6.07 Å². The predicted octanol–water partition coefficient (Wildman–Crippen LogP) is 2.89. The molecule has 0 saturated carbocycles. The summed E-state index contributed by atoms with van der Waals surface area (Å²) in [6.45, 7) is 3.09. The molecular weight excluding hydrogens is 285 g/mol. The van der Waals surface area contributed by atoms with E-state index in [0.29, 0.717) is 19.5 Å². The van der Waals surface area contributed by atoms with Crippen molar-refractivity contribution in [1.29, 1.82) is 0 Å². The number of nitrogens with one attached hydrogen (secondary N) is 2. The van der Waals surface area contributed by atoms with Gasteiger partial charge in [0.2, 0.25) is 5.82 Å². The van der Waals surface area contributed by atoms with E-state index in [2.05, 4.69) is 20.6 Å². The summed E-state index contributed by atoms with van der Waals surface area (Å²) in [5, 5.41) is 14.3. The molecule has 0 aliphatic heterocycles. The molecule has 0 atom stereocenters. The number of rotatable bonds is 9. The van der Waals surface area contributed by atoms with E-state index in [-0.39, 0.29) is 18.2 Å². The largest absolute Gasteiger partial charge is 0.451 e. The minimum absolute atomic E-state index is 0.122. The second-order valence-corrected chi connectivity index (χ2v) is 4.60. The van der Waals surface area contributed by atoms with Crippen molar-refractivity contribution in [2.24, 2.45) is 0 Å². The van der Waals surface area contributed by atoms with Gasteiger partial charge in [-0.25, -0.2) is 9.97 Å². The Kier molecular flexibility index (Phi) is 7.21. The minimum atomic E-state index is -4.57. The van der Waals surface area contributed by atoms with Gasteiger partial charge in [-0.3, -0.25) is 0 Å². The maximum Gasteiger partial charge on any atom is 0.451 e. The molecule has 5 nitrogen and oxygen atoms in total. The van der Waals surface area contributed by atoms with Crippen LogP contribution in [0.1, 0.15) is 38.4 Å². The lowest BCUT2D eigenvalue weighted by Crippen LogP contribution is -2.16. The summed E-state index contributed by atoms with van der Waals surface area (Å²) >= 11 is 0. The first-order valence-corrected chi connectivity index (χ1v) is 7.02. The highest BCUT2D eigenvalue weighted by molar-refractivity contribution is 5.47. The summed E-state index contributed by atoms with van der Waals surface area (Å²) in [4.78, 5) is 6.97. The lowest BCUT2D eigenvalue weighted by atomic mass is 10.2. The average Bonchev–Trinajstić information content (AvgIpc) is 2.44. The van der Waals surface area contributed by atoms with Crippen LogP contribution in [-0.2, 0) is 6.18 Å². The third kappa shape index (κ3) is 6.61. The first-order chi connectivity index (χ1) is 9.97. The Bertz CT molecular complexity index is 426. The normalized spacial score (nSPS) is 11.5. The summed E-state index contributed by atoms with van der Waals surface area (Å²) in [6, 6.07) is 1.47. The van der Waals surface area contributed by atoms with E-state index in [4.69, 9.17) is 5.11 Å². The van der Waals surface area contributed by atoms with Gasteiger partial charge in [0.15, 0.2) is 0 Å². The predicted molar refractivity (Wildman–Crippen MR) is 75.2 cm³/mol. The van der Waals surface area contributed by atoms with Crippen molar-refractivity contribution in [3.05, 3.63) is 11.9 Å². The highest BCUT2D eigenvalue weighted by Crippen LogP contribution is 2.28. The summed E-state index contributed by atoms with van der Waals surface area (Å²) < 4.78 is 38.3. The van der Waals surface area contributed by atoms with E-state index < -0.39 is 12.0 Å². The van der Waals surface area contributed by atoms with Crippen LogP contribution in [0.4, 0.5) is 24.8 Å². The number of hydrogen-bond donors (Lipinski definition) is 3. The van der Waals surface area contributed by atoms with Gasteiger partial charge in [-0.05, 0) is 25.7 Å². The number of aliphatic hydroxyl groups is 1. The van der Waals surface area contributed by atoms with Crippen molar-refractivity contribution in [3.63, 3.8) is 0 Å². The highest BCUT2D eigenvalue weighted by Gasteiger charge is 2.35. The van der Waals surface area contributed by atoms with Crippen LogP contribution in [0.15, 0.2) is 6.07 Å². The van der Waals surface area contributed by atoms with E-state index >= 15 is 0 Å². The molecule has 1 heterocycles. The quantitative estimate of drug-likeness (QED) is 0.612. The van der Waals surface area contributed by atoms with Crippen LogP contribution >= 0.6 is 0 Å². The molecule has 0 aliphatic carbocycles. The van der Waals surface area contributed by atoms with Crippen LogP contribution in [0.5, 0.6) is 0 Å². The van der Waals surface area contributed by atoms with Crippen molar-refractivity contribution < 1.29 is 18.3 Å². The number of anilines is 2. The Hall–Kier alpha value is -1.57. The Labute approximate surface area is 122 Å². The van der Waals surface area contributed by atoms with Gasteiger partial charge < -0.3 is 15.7 Å². The van der Waals surface area contributed by atoms with Gasteiger partial charge in [0, 0.05) is 25.8 Å². The number of hydrogen-bond acceptors (Lipinski definition) is 5. The van der Waals surface area contributed by atoms with Crippen LogP contribution in [0.3, 0.4) is 0 Å². The van der Waals surface area contributed by atoms with Crippen LogP contribution in [0.2, 0.25) is 0 Å².